The van der Waals surface area contributed by atoms with Crippen LogP contribution in [0.3, 0.4) is 0 Å². The number of hydrogen-bond donors (Lipinski definition) is 1. The second kappa shape index (κ2) is 5.36. The molecule has 1 aliphatic heterocycles. The molecule has 3 rings (SSSR count). The van der Waals surface area contributed by atoms with Crippen molar-refractivity contribution in [1.29, 1.82) is 0 Å². The van der Waals surface area contributed by atoms with E-state index in [4.69, 9.17) is 23.2 Å². The van der Waals surface area contributed by atoms with Gasteiger partial charge in [0.05, 0.1) is 0 Å². The zero-order chi connectivity index (χ0) is 17.9. The van der Waals surface area contributed by atoms with Crippen LogP contribution in [0.25, 0.3) is 0 Å². The third kappa shape index (κ3) is 1.87. The molecule has 1 aliphatic carbocycles. The van der Waals surface area contributed by atoms with Crippen LogP contribution in [0.5, 0.6) is 5.75 Å². The van der Waals surface area contributed by atoms with Gasteiger partial charge in [0.15, 0.2) is 9.75 Å². The Balaban J connectivity index is 2.33. The average molecular weight is 366 g/mol. The van der Waals surface area contributed by atoms with Crippen molar-refractivity contribution in [1.82, 2.24) is 4.90 Å². The molecule has 3 atom stereocenters. The van der Waals surface area contributed by atoms with E-state index in [1.54, 1.807) is 37.3 Å². The first-order valence-electron chi connectivity index (χ1n) is 7.51. The number of aromatic hydroxyl groups is 1. The van der Waals surface area contributed by atoms with Gasteiger partial charge in [0.25, 0.3) is 11.8 Å². The molecule has 6 heteroatoms. The summed E-state index contributed by atoms with van der Waals surface area (Å²) < 4.78 is 0. The molecule has 0 unspecified atom stereocenters. The lowest BCUT2D eigenvalue weighted by atomic mass is 9.68. The molecule has 126 valence electrons. The van der Waals surface area contributed by atoms with Crippen molar-refractivity contribution in [2.75, 3.05) is 7.05 Å². The van der Waals surface area contributed by atoms with Crippen molar-refractivity contribution in [3.8, 4) is 5.75 Å². The first-order chi connectivity index (χ1) is 11.2. The fourth-order valence-corrected chi connectivity index (χ4v) is 4.55. The lowest BCUT2D eigenvalue weighted by molar-refractivity contribution is -0.137. The van der Waals surface area contributed by atoms with Gasteiger partial charge in [0, 0.05) is 18.5 Å². The molecule has 0 radical (unpaired) electrons. The first-order valence-corrected chi connectivity index (χ1v) is 8.27. The number of likely N-dealkylation sites (tertiary alicyclic amines) is 1. The fourth-order valence-electron chi connectivity index (χ4n) is 3.63. The van der Waals surface area contributed by atoms with E-state index in [0.717, 1.165) is 4.90 Å². The van der Waals surface area contributed by atoms with Crippen molar-refractivity contribution >= 4 is 35.0 Å². The maximum Gasteiger partial charge on any atom is 0.253 e. The van der Waals surface area contributed by atoms with Crippen LogP contribution < -0.4 is 0 Å². The number of fused-ring (bicyclic) bond motifs is 1. The highest BCUT2D eigenvalue weighted by Crippen LogP contribution is 2.59. The van der Waals surface area contributed by atoms with Crippen LogP contribution in [0.15, 0.2) is 42.5 Å². The highest BCUT2D eigenvalue weighted by atomic mass is 35.5. The maximum absolute atomic E-state index is 12.9. The van der Waals surface area contributed by atoms with Crippen LogP contribution in [-0.4, -0.2) is 38.6 Å². The number of carbonyl (C=O) groups is 2. The third-order valence-electron chi connectivity index (χ3n) is 5.00. The number of hydrogen-bond acceptors (Lipinski definition) is 3. The number of benzene rings is 1. The summed E-state index contributed by atoms with van der Waals surface area (Å²) >= 11 is 13.4. The van der Waals surface area contributed by atoms with Gasteiger partial charge < -0.3 is 5.11 Å². The summed E-state index contributed by atoms with van der Waals surface area (Å²) in [4.78, 5) is 23.1. The van der Waals surface area contributed by atoms with Crippen LogP contribution in [0.1, 0.15) is 23.5 Å². The van der Waals surface area contributed by atoms with E-state index in [-0.39, 0.29) is 12.2 Å². The highest BCUT2D eigenvalue weighted by molar-refractivity contribution is 6.53. The number of imide groups is 1. The number of carbonyl (C=O) groups excluding carboxylic acids is 2. The number of phenols is 1. The summed E-state index contributed by atoms with van der Waals surface area (Å²) in [5.41, 5.74) is 1.77. The van der Waals surface area contributed by atoms with E-state index < -0.39 is 27.5 Å². The van der Waals surface area contributed by atoms with Crippen molar-refractivity contribution in [2.24, 2.45) is 0 Å². The van der Waals surface area contributed by atoms with Gasteiger partial charge in [-0.1, -0.05) is 36.9 Å². The lowest BCUT2D eigenvalue weighted by Crippen LogP contribution is -2.54. The lowest BCUT2D eigenvalue weighted by Gasteiger charge is -2.42. The number of halogens is 2. The molecule has 1 aromatic rings. The molecule has 1 N–H and O–H groups in total. The Morgan fingerprint density at radius 2 is 2.00 bits per heavy atom. The molecule has 24 heavy (non-hydrogen) atoms. The van der Waals surface area contributed by atoms with Crippen molar-refractivity contribution in [2.45, 2.75) is 29.0 Å². The summed E-state index contributed by atoms with van der Waals surface area (Å²) in [7, 11) is 1.37. The zero-order valence-electron chi connectivity index (χ0n) is 13.3. The molecule has 0 bridgehead atoms. The van der Waals surface area contributed by atoms with Crippen LogP contribution in [0, 0.1) is 6.92 Å². The topological polar surface area (TPSA) is 57.6 Å². The normalized spacial score (nSPS) is 32.6. The Bertz CT molecular complexity index is 803. The van der Waals surface area contributed by atoms with Gasteiger partial charge in [0.1, 0.15) is 5.75 Å². The summed E-state index contributed by atoms with van der Waals surface area (Å²) in [5, 5.41) is 10.5. The Labute approximate surface area is 150 Å². The monoisotopic (exact) mass is 365 g/mol. The summed E-state index contributed by atoms with van der Waals surface area (Å²) in [5.74, 6) is -1.83. The van der Waals surface area contributed by atoms with E-state index in [1.165, 1.54) is 7.05 Å². The van der Waals surface area contributed by atoms with E-state index in [0.29, 0.717) is 16.7 Å². The van der Waals surface area contributed by atoms with Crippen molar-refractivity contribution in [3.05, 3.63) is 53.6 Å². The minimum atomic E-state index is -1.72. The minimum absolute atomic E-state index is 0.0333. The number of aryl methyl sites for hydroxylation is 1. The van der Waals surface area contributed by atoms with Gasteiger partial charge in [0.2, 0.25) is 0 Å². The van der Waals surface area contributed by atoms with Gasteiger partial charge in [-0.25, -0.2) is 0 Å². The molecular formula is C18H17Cl2NO3. The summed E-state index contributed by atoms with van der Waals surface area (Å²) in [6, 6.07) is 5.20. The van der Waals surface area contributed by atoms with E-state index in [1.807, 2.05) is 0 Å². The van der Waals surface area contributed by atoms with Gasteiger partial charge >= 0.3 is 0 Å². The predicted molar refractivity (Wildman–Crippen MR) is 93.4 cm³/mol. The predicted octanol–water partition coefficient (Wildman–Crippen LogP) is 3.25. The molecule has 2 aliphatic rings. The number of amides is 2. The second-order valence-corrected chi connectivity index (χ2v) is 7.48. The third-order valence-corrected chi connectivity index (χ3v) is 6.42. The van der Waals surface area contributed by atoms with Crippen LogP contribution in [0.4, 0.5) is 0 Å². The van der Waals surface area contributed by atoms with Gasteiger partial charge in [-0.15, -0.1) is 23.2 Å². The number of alkyl halides is 2. The standard InChI is InChI=1S/C18H17Cl2NO3/c1-4-11-8-9-17(19)15(23)21(3)16(24)18(17,20)13(11)12-7-5-6-10(2)14(12)22/h4-8,13,22H,1,9H2,2-3H3/t13-,17-,18+/m1/s1. The van der Waals surface area contributed by atoms with Crippen LogP contribution in [-0.2, 0) is 9.59 Å². The first kappa shape index (κ1) is 17.1. The number of rotatable bonds is 2. The molecule has 1 heterocycles. The molecule has 1 aromatic carbocycles. The maximum atomic E-state index is 12.9. The molecular weight excluding hydrogens is 349 g/mol. The summed E-state index contributed by atoms with van der Waals surface area (Å²) in [6.07, 6.45) is 3.47. The van der Waals surface area contributed by atoms with Gasteiger partial charge in [-0.2, -0.15) is 0 Å². The van der Waals surface area contributed by atoms with Crippen molar-refractivity contribution in [3.63, 3.8) is 0 Å². The molecule has 4 nitrogen and oxygen atoms in total. The van der Waals surface area contributed by atoms with E-state index in [2.05, 4.69) is 6.58 Å². The SMILES string of the molecule is C=CC1=CC[C@@]2(Cl)C(=O)N(C)C(=O)[C@@]2(Cl)[C@H]1c1cccc(C)c1O. The second-order valence-electron chi connectivity index (χ2n) is 6.24. The number of nitrogens with zero attached hydrogens (tertiary/aromatic N) is 1. The Morgan fingerprint density at radius 1 is 1.33 bits per heavy atom. The number of phenolic OH excluding ortho intramolecular Hbond substituents is 1. The Morgan fingerprint density at radius 3 is 2.62 bits per heavy atom. The Kier molecular flexibility index (Phi) is 3.81. The quantitative estimate of drug-likeness (QED) is 0.646. The van der Waals surface area contributed by atoms with Crippen LogP contribution in [0.2, 0.25) is 0 Å². The number of allylic oxidation sites excluding steroid dienone is 3. The average Bonchev–Trinajstić information content (AvgIpc) is 2.69. The van der Waals surface area contributed by atoms with Crippen molar-refractivity contribution < 1.29 is 14.7 Å². The summed E-state index contributed by atoms with van der Waals surface area (Å²) in [6.45, 7) is 5.53. The zero-order valence-corrected chi connectivity index (χ0v) is 14.9. The highest BCUT2D eigenvalue weighted by Gasteiger charge is 2.72. The largest absolute Gasteiger partial charge is 0.507 e. The van der Waals surface area contributed by atoms with Gasteiger partial charge in [-0.05, 0) is 24.5 Å². The molecule has 2 amide bonds. The molecule has 0 aromatic heterocycles. The smallest absolute Gasteiger partial charge is 0.253 e. The van der Waals surface area contributed by atoms with E-state index >= 15 is 0 Å². The number of para-hydroxylation sites is 1. The molecule has 1 fully saturated rings. The Hall–Kier alpha value is -1.78. The van der Waals surface area contributed by atoms with Crippen LogP contribution >= 0.6 is 23.2 Å². The van der Waals surface area contributed by atoms with Gasteiger partial charge in [-0.3, -0.25) is 14.5 Å². The molecule has 0 spiro atoms. The van der Waals surface area contributed by atoms with E-state index in [9.17, 15) is 14.7 Å². The molecule has 1 saturated heterocycles. The minimum Gasteiger partial charge on any atom is -0.507 e. The fraction of sp³-hybridized carbons (Fsp3) is 0.333. The molecule has 0 saturated carbocycles.